The molecule has 0 saturated heterocycles. The Bertz CT molecular complexity index is 780. The summed E-state index contributed by atoms with van der Waals surface area (Å²) in [4.78, 5) is 11.8. The van der Waals surface area contributed by atoms with E-state index in [1.807, 2.05) is 36.4 Å². The molecule has 106 valence electrons. The molecule has 0 unspecified atom stereocenters. The minimum absolute atomic E-state index is 0.325. The monoisotopic (exact) mass is 281 g/mol. The van der Waals surface area contributed by atoms with E-state index in [1.165, 1.54) is 7.11 Å². The second kappa shape index (κ2) is 5.66. The molecule has 0 saturated carbocycles. The third-order valence-electron chi connectivity index (χ3n) is 3.38. The first-order valence-electron chi connectivity index (χ1n) is 6.62. The molecular weight excluding hydrogens is 266 g/mol. The van der Waals surface area contributed by atoms with Gasteiger partial charge >= 0.3 is 5.97 Å². The highest BCUT2D eigenvalue weighted by Crippen LogP contribution is 2.22. The Labute approximate surface area is 121 Å². The number of esters is 1. The van der Waals surface area contributed by atoms with Crippen molar-refractivity contribution in [3.63, 3.8) is 0 Å². The third-order valence-corrected chi connectivity index (χ3v) is 3.38. The lowest BCUT2D eigenvalue weighted by molar-refractivity contribution is 0.0599. The van der Waals surface area contributed by atoms with Crippen LogP contribution in [0.5, 0.6) is 0 Å². The zero-order chi connectivity index (χ0) is 14.7. The second-order valence-electron chi connectivity index (χ2n) is 4.64. The average Bonchev–Trinajstić information content (AvgIpc) is 3.01. The number of anilines is 1. The molecule has 0 bridgehead atoms. The summed E-state index contributed by atoms with van der Waals surface area (Å²) in [5, 5.41) is 11.3. The third kappa shape index (κ3) is 2.58. The van der Waals surface area contributed by atoms with Gasteiger partial charge in [0.05, 0.1) is 24.4 Å². The van der Waals surface area contributed by atoms with Crippen molar-refractivity contribution in [3.05, 3.63) is 59.8 Å². The SMILES string of the molecule is COC(=O)c1ccccc1CNc1cccc2[nH]ncc12. The number of hydrogen-bond donors (Lipinski definition) is 2. The van der Waals surface area contributed by atoms with E-state index < -0.39 is 0 Å². The summed E-state index contributed by atoms with van der Waals surface area (Å²) >= 11 is 0. The zero-order valence-electron chi connectivity index (χ0n) is 11.6. The lowest BCUT2D eigenvalue weighted by Gasteiger charge is -2.10. The van der Waals surface area contributed by atoms with E-state index in [4.69, 9.17) is 4.74 Å². The van der Waals surface area contributed by atoms with Crippen molar-refractivity contribution in [2.75, 3.05) is 12.4 Å². The van der Waals surface area contributed by atoms with Crippen molar-refractivity contribution >= 4 is 22.6 Å². The van der Waals surface area contributed by atoms with Crippen LogP contribution in [-0.2, 0) is 11.3 Å². The number of ether oxygens (including phenoxy) is 1. The molecule has 3 aromatic rings. The van der Waals surface area contributed by atoms with E-state index in [9.17, 15) is 4.79 Å². The first kappa shape index (κ1) is 13.2. The minimum Gasteiger partial charge on any atom is -0.465 e. The standard InChI is InChI=1S/C16H15N3O2/c1-21-16(20)12-6-3-2-5-11(12)9-17-14-7-4-8-15-13(14)10-18-19-15/h2-8,10,17H,9H2,1H3,(H,18,19). The molecule has 0 atom stereocenters. The Hall–Kier alpha value is -2.82. The highest BCUT2D eigenvalue weighted by Gasteiger charge is 2.11. The summed E-state index contributed by atoms with van der Waals surface area (Å²) in [5.41, 5.74) is 3.42. The molecule has 2 aromatic carbocycles. The van der Waals surface area contributed by atoms with E-state index >= 15 is 0 Å². The van der Waals surface area contributed by atoms with Gasteiger partial charge in [0.1, 0.15) is 0 Å². The molecule has 0 radical (unpaired) electrons. The van der Waals surface area contributed by atoms with Gasteiger partial charge < -0.3 is 10.1 Å². The van der Waals surface area contributed by atoms with Crippen molar-refractivity contribution in [2.45, 2.75) is 6.54 Å². The number of nitrogens with zero attached hydrogens (tertiary/aromatic N) is 1. The van der Waals surface area contributed by atoms with E-state index in [2.05, 4.69) is 15.5 Å². The summed E-state index contributed by atoms with van der Waals surface area (Å²) in [6, 6.07) is 13.3. The molecule has 1 heterocycles. The predicted octanol–water partition coefficient (Wildman–Crippen LogP) is 2.96. The van der Waals surface area contributed by atoms with E-state index in [1.54, 1.807) is 12.3 Å². The number of nitrogens with one attached hydrogen (secondary N) is 2. The molecule has 1 aromatic heterocycles. The fraction of sp³-hybridized carbons (Fsp3) is 0.125. The fourth-order valence-electron chi connectivity index (χ4n) is 2.30. The number of H-pyrrole nitrogens is 1. The number of fused-ring (bicyclic) bond motifs is 1. The Kier molecular flexibility index (Phi) is 3.55. The molecule has 0 fully saturated rings. The Morgan fingerprint density at radius 2 is 2.10 bits per heavy atom. The van der Waals surface area contributed by atoms with Gasteiger partial charge in [0.15, 0.2) is 0 Å². The molecule has 0 amide bonds. The summed E-state index contributed by atoms with van der Waals surface area (Å²) in [6.45, 7) is 0.537. The summed E-state index contributed by atoms with van der Waals surface area (Å²) in [5.74, 6) is -0.325. The highest BCUT2D eigenvalue weighted by atomic mass is 16.5. The lowest BCUT2D eigenvalue weighted by atomic mass is 10.1. The van der Waals surface area contributed by atoms with Gasteiger partial charge in [0.2, 0.25) is 0 Å². The minimum atomic E-state index is -0.325. The summed E-state index contributed by atoms with van der Waals surface area (Å²) in [7, 11) is 1.39. The van der Waals surface area contributed by atoms with Crippen LogP contribution in [0.1, 0.15) is 15.9 Å². The maximum Gasteiger partial charge on any atom is 0.338 e. The van der Waals surface area contributed by atoms with Crippen LogP contribution in [0, 0.1) is 0 Å². The quantitative estimate of drug-likeness (QED) is 0.721. The smallest absolute Gasteiger partial charge is 0.338 e. The second-order valence-corrected chi connectivity index (χ2v) is 4.64. The fourth-order valence-corrected chi connectivity index (χ4v) is 2.30. The van der Waals surface area contributed by atoms with Crippen LogP contribution >= 0.6 is 0 Å². The van der Waals surface area contributed by atoms with Gasteiger partial charge in [0, 0.05) is 17.6 Å². The molecule has 0 spiro atoms. The van der Waals surface area contributed by atoms with Crippen LogP contribution in [0.3, 0.4) is 0 Å². The molecular formula is C16H15N3O2. The number of carbonyl (C=O) groups is 1. The molecule has 5 nitrogen and oxygen atoms in total. The topological polar surface area (TPSA) is 67.0 Å². The lowest BCUT2D eigenvalue weighted by Crippen LogP contribution is -2.09. The molecule has 3 rings (SSSR count). The maximum atomic E-state index is 11.8. The first-order chi connectivity index (χ1) is 10.3. The van der Waals surface area contributed by atoms with Gasteiger partial charge in [-0.05, 0) is 23.8 Å². The number of benzene rings is 2. The number of hydrogen-bond acceptors (Lipinski definition) is 4. The van der Waals surface area contributed by atoms with E-state index in [-0.39, 0.29) is 5.97 Å². The molecule has 0 aliphatic rings. The van der Waals surface area contributed by atoms with Crippen molar-refractivity contribution in [1.29, 1.82) is 0 Å². The van der Waals surface area contributed by atoms with Crippen molar-refractivity contribution in [1.82, 2.24) is 10.2 Å². The van der Waals surface area contributed by atoms with Gasteiger partial charge in [-0.3, -0.25) is 5.10 Å². The Morgan fingerprint density at radius 1 is 1.24 bits per heavy atom. The maximum absolute atomic E-state index is 11.8. The van der Waals surface area contributed by atoms with Crippen LogP contribution in [0.25, 0.3) is 10.9 Å². The Morgan fingerprint density at radius 3 is 2.95 bits per heavy atom. The number of aromatic nitrogens is 2. The highest BCUT2D eigenvalue weighted by molar-refractivity contribution is 5.92. The summed E-state index contributed by atoms with van der Waals surface area (Å²) < 4.78 is 4.81. The van der Waals surface area contributed by atoms with Crippen molar-refractivity contribution < 1.29 is 9.53 Å². The molecule has 5 heteroatoms. The van der Waals surface area contributed by atoms with Crippen LogP contribution in [0.15, 0.2) is 48.7 Å². The van der Waals surface area contributed by atoms with Crippen LogP contribution in [-0.4, -0.2) is 23.3 Å². The number of methoxy groups -OCH3 is 1. The molecule has 2 N–H and O–H groups in total. The molecule has 0 aliphatic heterocycles. The van der Waals surface area contributed by atoms with Crippen molar-refractivity contribution in [3.8, 4) is 0 Å². The molecule has 0 aliphatic carbocycles. The average molecular weight is 281 g/mol. The van der Waals surface area contributed by atoms with Gasteiger partial charge in [-0.25, -0.2) is 4.79 Å². The number of rotatable bonds is 4. The summed E-state index contributed by atoms with van der Waals surface area (Å²) in [6.07, 6.45) is 1.78. The van der Waals surface area contributed by atoms with Crippen LogP contribution < -0.4 is 5.32 Å². The normalized spacial score (nSPS) is 10.5. The van der Waals surface area contributed by atoms with Crippen LogP contribution in [0.2, 0.25) is 0 Å². The van der Waals surface area contributed by atoms with Gasteiger partial charge in [-0.2, -0.15) is 5.10 Å². The zero-order valence-corrected chi connectivity index (χ0v) is 11.6. The largest absolute Gasteiger partial charge is 0.465 e. The number of aromatic amines is 1. The molecule has 21 heavy (non-hydrogen) atoms. The van der Waals surface area contributed by atoms with Gasteiger partial charge in [-0.15, -0.1) is 0 Å². The number of carbonyl (C=O) groups excluding carboxylic acids is 1. The van der Waals surface area contributed by atoms with Gasteiger partial charge in [-0.1, -0.05) is 24.3 Å². The van der Waals surface area contributed by atoms with Gasteiger partial charge in [0.25, 0.3) is 0 Å². The first-order valence-corrected chi connectivity index (χ1v) is 6.62. The van der Waals surface area contributed by atoms with Crippen LogP contribution in [0.4, 0.5) is 5.69 Å². The Balaban J connectivity index is 1.85. The van der Waals surface area contributed by atoms with E-state index in [0.29, 0.717) is 12.1 Å². The van der Waals surface area contributed by atoms with Crippen molar-refractivity contribution in [2.24, 2.45) is 0 Å². The van der Waals surface area contributed by atoms with E-state index in [0.717, 1.165) is 22.2 Å². The predicted molar refractivity (Wildman–Crippen MR) is 81.2 cm³/mol.